The van der Waals surface area contributed by atoms with Crippen molar-refractivity contribution < 1.29 is 26.7 Å². The van der Waals surface area contributed by atoms with Crippen LogP contribution in [0.5, 0.6) is 0 Å². The van der Waals surface area contributed by atoms with Gasteiger partial charge in [0.15, 0.2) is 0 Å². The minimum Gasteiger partial charge on any atom is -0.392 e. The van der Waals surface area contributed by atoms with Gasteiger partial charge < -0.3 is 5.11 Å². The smallest absolute Gasteiger partial charge is 0.392 e. The third kappa shape index (κ3) is 3.87. The number of sulfonamides is 1. The summed E-state index contributed by atoms with van der Waals surface area (Å²) >= 11 is 0. The Morgan fingerprint density at radius 3 is 2.26 bits per heavy atom. The number of aliphatic hydroxyl groups excluding tert-OH is 1. The predicted molar refractivity (Wildman–Crippen MR) is 91.3 cm³/mol. The van der Waals surface area contributed by atoms with Gasteiger partial charge in [-0.3, -0.25) is 0 Å². The fourth-order valence-electron chi connectivity index (χ4n) is 2.65. The Morgan fingerprint density at radius 1 is 1.11 bits per heavy atom. The highest BCUT2D eigenvalue weighted by Gasteiger charge is 2.37. The number of nitrogens with zero attached hydrogens (tertiary/aromatic N) is 2. The Kier molecular flexibility index (Phi) is 4.81. The number of rotatable bonds is 4. The molecular formula is C17H14F3N3O3S. The molecule has 0 aliphatic heterocycles. The maximum atomic E-state index is 13.7. The van der Waals surface area contributed by atoms with Crippen LogP contribution in [0.4, 0.5) is 13.2 Å². The molecule has 0 radical (unpaired) electrons. The van der Waals surface area contributed by atoms with Crippen molar-refractivity contribution in [3.63, 3.8) is 0 Å². The summed E-state index contributed by atoms with van der Waals surface area (Å²) in [5.41, 5.74) is -0.916. The summed E-state index contributed by atoms with van der Waals surface area (Å²) < 4.78 is 66.1. The largest absolute Gasteiger partial charge is 0.418 e. The van der Waals surface area contributed by atoms with Crippen molar-refractivity contribution in [2.75, 3.05) is 0 Å². The number of halogens is 3. The van der Waals surface area contributed by atoms with Gasteiger partial charge in [0, 0.05) is 12.4 Å². The summed E-state index contributed by atoms with van der Waals surface area (Å²) in [6.45, 7) is -0.227. The summed E-state index contributed by atoms with van der Waals surface area (Å²) in [5, 5.41) is 18.0. The van der Waals surface area contributed by atoms with Gasteiger partial charge in [0.1, 0.15) is 4.90 Å². The highest BCUT2D eigenvalue weighted by atomic mass is 32.2. The Morgan fingerprint density at radius 2 is 1.78 bits per heavy atom. The van der Waals surface area contributed by atoms with E-state index in [-0.39, 0.29) is 12.2 Å². The van der Waals surface area contributed by atoms with E-state index >= 15 is 0 Å². The van der Waals surface area contributed by atoms with Crippen molar-refractivity contribution in [2.45, 2.75) is 17.7 Å². The van der Waals surface area contributed by atoms with E-state index in [0.29, 0.717) is 11.1 Å². The average molecular weight is 397 g/mol. The molecule has 0 aliphatic carbocycles. The molecule has 0 amide bonds. The summed E-state index contributed by atoms with van der Waals surface area (Å²) in [4.78, 5) is -0.692. The number of alkyl halides is 3. The van der Waals surface area contributed by atoms with E-state index in [1.165, 1.54) is 42.7 Å². The molecule has 3 aromatic rings. The molecule has 0 fully saturated rings. The molecule has 2 aromatic carbocycles. The molecule has 6 nitrogen and oxygen atoms in total. The number of primary sulfonamides is 1. The molecule has 0 spiro atoms. The summed E-state index contributed by atoms with van der Waals surface area (Å²) in [6, 6.07) is 9.33. The van der Waals surface area contributed by atoms with E-state index in [9.17, 15) is 21.6 Å². The first-order valence-corrected chi connectivity index (χ1v) is 9.14. The first kappa shape index (κ1) is 19.1. The first-order valence-electron chi connectivity index (χ1n) is 7.59. The average Bonchev–Trinajstić information content (AvgIpc) is 3.13. The fourth-order valence-corrected chi connectivity index (χ4v) is 3.41. The van der Waals surface area contributed by atoms with E-state index in [4.69, 9.17) is 10.2 Å². The topological polar surface area (TPSA) is 98.2 Å². The van der Waals surface area contributed by atoms with Crippen LogP contribution >= 0.6 is 0 Å². The summed E-state index contributed by atoms with van der Waals surface area (Å²) in [6.07, 6.45) is -2.41. The highest BCUT2D eigenvalue weighted by molar-refractivity contribution is 7.89. The Hall–Kier alpha value is -2.69. The van der Waals surface area contributed by atoms with Crippen molar-refractivity contribution in [1.82, 2.24) is 9.78 Å². The maximum Gasteiger partial charge on any atom is 0.418 e. The standard InChI is InChI=1S/C17H14F3N3O3S/c18-17(19,20)14-8-13(12-4-2-11(10-24)3-5-12)9-15(27(21,25)26)16(14)23-7-1-6-22-23/h1-9,24H,10H2,(H2,21,25,26). The lowest BCUT2D eigenvalue weighted by atomic mass is 10.00. The van der Waals surface area contributed by atoms with Gasteiger partial charge in [0.2, 0.25) is 10.0 Å². The van der Waals surface area contributed by atoms with Gasteiger partial charge in [0.05, 0.1) is 17.9 Å². The van der Waals surface area contributed by atoms with Crippen LogP contribution < -0.4 is 5.14 Å². The van der Waals surface area contributed by atoms with Crippen molar-refractivity contribution >= 4 is 10.0 Å². The Balaban J connectivity index is 2.35. The molecule has 3 rings (SSSR count). The number of nitrogens with two attached hydrogens (primary N) is 1. The SMILES string of the molecule is NS(=O)(=O)c1cc(-c2ccc(CO)cc2)cc(C(F)(F)F)c1-n1cccn1. The lowest BCUT2D eigenvalue weighted by molar-refractivity contribution is -0.137. The number of benzene rings is 2. The van der Waals surface area contributed by atoms with E-state index in [0.717, 1.165) is 16.8 Å². The first-order chi connectivity index (χ1) is 12.6. The van der Waals surface area contributed by atoms with E-state index in [1.807, 2.05) is 0 Å². The summed E-state index contributed by atoms with van der Waals surface area (Å²) in [7, 11) is -4.49. The van der Waals surface area contributed by atoms with Gasteiger partial charge in [-0.05, 0) is 34.9 Å². The van der Waals surface area contributed by atoms with Gasteiger partial charge in [-0.25, -0.2) is 18.2 Å². The number of hydrogen-bond acceptors (Lipinski definition) is 4. The lowest BCUT2D eigenvalue weighted by Gasteiger charge is -2.18. The molecule has 1 aromatic heterocycles. The minimum absolute atomic E-state index is 0.0201. The Bertz CT molecular complexity index is 1060. The van der Waals surface area contributed by atoms with Crippen LogP contribution in [-0.2, 0) is 22.8 Å². The van der Waals surface area contributed by atoms with Gasteiger partial charge >= 0.3 is 6.18 Å². The number of hydrogen-bond donors (Lipinski definition) is 2. The van der Waals surface area contributed by atoms with E-state index in [2.05, 4.69) is 5.10 Å². The molecule has 0 saturated carbocycles. The van der Waals surface area contributed by atoms with Crippen LogP contribution in [0.3, 0.4) is 0 Å². The van der Waals surface area contributed by atoms with Crippen LogP contribution in [0.1, 0.15) is 11.1 Å². The highest BCUT2D eigenvalue weighted by Crippen LogP contribution is 2.39. The molecule has 0 bridgehead atoms. The number of aromatic nitrogens is 2. The molecule has 0 unspecified atom stereocenters. The minimum atomic E-state index is -4.85. The second-order valence-corrected chi connectivity index (χ2v) is 7.25. The van der Waals surface area contributed by atoms with Crippen molar-refractivity contribution in [3.05, 3.63) is 66.0 Å². The second kappa shape index (κ2) is 6.80. The van der Waals surface area contributed by atoms with Gasteiger partial charge in [-0.2, -0.15) is 18.3 Å². The molecule has 0 aliphatic rings. The third-order valence-electron chi connectivity index (χ3n) is 3.89. The molecule has 10 heteroatoms. The van der Waals surface area contributed by atoms with E-state index < -0.39 is 32.3 Å². The lowest BCUT2D eigenvalue weighted by Crippen LogP contribution is -2.20. The van der Waals surface area contributed by atoms with Gasteiger partial charge in [-0.15, -0.1) is 0 Å². The van der Waals surface area contributed by atoms with Crippen LogP contribution in [0, 0.1) is 0 Å². The molecule has 1 heterocycles. The monoisotopic (exact) mass is 397 g/mol. The quantitative estimate of drug-likeness (QED) is 0.707. The number of aliphatic hydroxyl groups is 1. The van der Waals surface area contributed by atoms with E-state index in [1.54, 1.807) is 0 Å². The Labute approximate surface area is 152 Å². The molecule has 0 atom stereocenters. The molecule has 27 heavy (non-hydrogen) atoms. The van der Waals surface area contributed by atoms with Gasteiger partial charge in [0.25, 0.3) is 0 Å². The van der Waals surface area contributed by atoms with Crippen molar-refractivity contribution in [3.8, 4) is 16.8 Å². The van der Waals surface area contributed by atoms with Gasteiger partial charge in [-0.1, -0.05) is 24.3 Å². The zero-order valence-electron chi connectivity index (χ0n) is 13.7. The molecule has 142 valence electrons. The van der Waals surface area contributed by atoms with Crippen LogP contribution in [-0.4, -0.2) is 23.3 Å². The van der Waals surface area contributed by atoms with Crippen molar-refractivity contribution in [2.24, 2.45) is 5.14 Å². The van der Waals surface area contributed by atoms with Crippen LogP contribution in [0.25, 0.3) is 16.8 Å². The molecular weight excluding hydrogens is 383 g/mol. The van der Waals surface area contributed by atoms with Crippen LogP contribution in [0.15, 0.2) is 59.8 Å². The van der Waals surface area contributed by atoms with Crippen molar-refractivity contribution in [1.29, 1.82) is 0 Å². The molecule has 3 N–H and O–H groups in total. The zero-order chi connectivity index (χ0) is 19.8. The predicted octanol–water partition coefficient (Wildman–Crippen LogP) is 2.70. The second-order valence-electron chi connectivity index (χ2n) is 5.72. The maximum absolute atomic E-state index is 13.7. The summed E-state index contributed by atoms with van der Waals surface area (Å²) in [5.74, 6) is 0. The van der Waals surface area contributed by atoms with Crippen LogP contribution in [0.2, 0.25) is 0 Å². The molecule has 0 saturated heterocycles. The fraction of sp³-hybridized carbons (Fsp3) is 0.118. The third-order valence-corrected chi connectivity index (χ3v) is 4.81. The normalized spacial score (nSPS) is 12.3. The zero-order valence-corrected chi connectivity index (χ0v) is 14.5.